The molecule has 0 saturated carbocycles. The standard InChI is InChI=1S/C12H22N2O2S2/c1-5-10(6-2)14(4)18(15,16)12-7-9(3)11(8-13)17-12/h7,10H,5-6,8,13H2,1-4H3. The fourth-order valence-corrected chi connectivity index (χ4v) is 5.12. The van der Waals surface area contributed by atoms with E-state index in [1.54, 1.807) is 13.1 Å². The first-order valence-electron chi connectivity index (χ1n) is 6.15. The number of hydrogen-bond acceptors (Lipinski definition) is 4. The molecule has 0 atom stereocenters. The molecule has 0 radical (unpaired) electrons. The summed E-state index contributed by atoms with van der Waals surface area (Å²) in [6.07, 6.45) is 1.64. The van der Waals surface area contributed by atoms with Crippen LogP contribution >= 0.6 is 11.3 Å². The van der Waals surface area contributed by atoms with Crippen LogP contribution in [-0.2, 0) is 16.6 Å². The van der Waals surface area contributed by atoms with Gasteiger partial charge in [0.05, 0.1) is 0 Å². The molecular weight excluding hydrogens is 268 g/mol. The quantitative estimate of drug-likeness (QED) is 0.874. The third kappa shape index (κ3) is 2.93. The topological polar surface area (TPSA) is 63.4 Å². The van der Waals surface area contributed by atoms with Gasteiger partial charge in [0, 0.05) is 24.5 Å². The highest BCUT2D eigenvalue weighted by atomic mass is 32.2. The fraction of sp³-hybridized carbons (Fsp3) is 0.667. The summed E-state index contributed by atoms with van der Waals surface area (Å²) in [5, 5.41) is 0. The first-order valence-corrected chi connectivity index (χ1v) is 8.41. The number of nitrogens with zero attached hydrogens (tertiary/aromatic N) is 1. The van der Waals surface area contributed by atoms with Crippen LogP contribution in [0, 0.1) is 6.92 Å². The van der Waals surface area contributed by atoms with Gasteiger partial charge in [-0.3, -0.25) is 0 Å². The Bertz CT molecular complexity index is 490. The van der Waals surface area contributed by atoms with Crippen LogP contribution in [0.5, 0.6) is 0 Å². The van der Waals surface area contributed by atoms with Crippen molar-refractivity contribution >= 4 is 21.4 Å². The van der Waals surface area contributed by atoms with Crippen LogP contribution in [-0.4, -0.2) is 25.8 Å². The molecular formula is C12H22N2O2S2. The Balaban J connectivity index is 3.12. The van der Waals surface area contributed by atoms with E-state index in [-0.39, 0.29) is 6.04 Å². The van der Waals surface area contributed by atoms with Gasteiger partial charge in [-0.1, -0.05) is 13.8 Å². The maximum absolute atomic E-state index is 12.5. The molecule has 1 heterocycles. The van der Waals surface area contributed by atoms with Crippen LogP contribution in [0.15, 0.2) is 10.3 Å². The molecule has 1 aromatic rings. The van der Waals surface area contributed by atoms with Gasteiger partial charge in [0.2, 0.25) is 0 Å². The van der Waals surface area contributed by atoms with E-state index in [1.165, 1.54) is 15.6 Å². The number of aryl methyl sites for hydroxylation is 1. The van der Waals surface area contributed by atoms with E-state index in [0.29, 0.717) is 10.8 Å². The fourth-order valence-electron chi connectivity index (χ4n) is 1.96. The maximum atomic E-state index is 12.5. The molecule has 4 nitrogen and oxygen atoms in total. The van der Waals surface area contributed by atoms with Gasteiger partial charge in [-0.15, -0.1) is 11.3 Å². The molecule has 18 heavy (non-hydrogen) atoms. The lowest BCUT2D eigenvalue weighted by Crippen LogP contribution is -2.35. The van der Waals surface area contributed by atoms with Crippen LogP contribution < -0.4 is 5.73 Å². The molecule has 0 fully saturated rings. The molecule has 0 aliphatic heterocycles. The zero-order valence-corrected chi connectivity index (χ0v) is 13.1. The van der Waals surface area contributed by atoms with Crippen molar-refractivity contribution in [3.05, 3.63) is 16.5 Å². The molecule has 2 N–H and O–H groups in total. The molecule has 0 saturated heterocycles. The molecule has 0 aliphatic rings. The van der Waals surface area contributed by atoms with Crippen LogP contribution in [0.25, 0.3) is 0 Å². The summed E-state index contributed by atoms with van der Waals surface area (Å²) in [4.78, 5) is 0.937. The summed E-state index contributed by atoms with van der Waals surface area (Å²) in [5.74, 6) is 0. The molecule has 0 spiro atoms. The van der Waals surface area contributed by atoms with E-state index < -0.39 is 10.0 Å². The predicted octanol–water partition coefficient (Wildman–Crippen LogP) is 2.32. The number of thiophene rings is 1. The molecule has 0 unspecified atom stereocenters. The molecule has 0 bridgehead atoms. The van der Waals surface area contributed by atoms with Gasteiger partial charge in [-0.2, -0.15) is 4.31 Å². The Morgan fingerprint density at radius 2 is 1.94 bits per heavy atom. The molecule has 6 heteroatoms. The lowest BCUT2D eigenvalue weighted by atomic mass is 10.2. The van der Waals surface area contributed by atoms with Crippen molar-refractivity contribution in [3.8, 4) is 0 Å². The van der Waals surface area contributed by atoms with Crippen molar-refractivity contribution in [1.29, 1.82) is 0 Å². The van der Waals surface area contributed by atoms with Crippen LogP contribution in [0.3, 0.4) is 0 Å². The summed E-state index contributed by atoms with van der Waals surface area (Å²) < 4.78 is 26.8. The zero-order valence-electron chi connectivity index (χ0n) is 11.4. The van der Waals surface area contributed by atoms with E-state index in [4.69, 9.17) is 5.73 Å². The Labute approximate surface area is 114 Å². The third-order valence-electron chi connectivity index (χ3n) is 3.27. The van der Waals surface area contributed by atoms with Crippen molar-refractivity contribution in [2.45, 2.75) is 50.4 Å². The van der Waals surface area contributed by atoms with E-state index in [0.717, 1.165) is 23.3 Å². The first kappa shape index (κ1) is 15.6. The highest BCUT2D eigenvalue weighted by Crippen LogP contribution is 2.29. The Morgan fingerprint density at radius 3 is 2.33 bits per heavy atom. The highest BCUT2D eigenvalue weighted by molar-refractivity contribution is 7.91. The van der Waals surface area contributed by atoms with Crippen molar-refractivity contribution in [2.75, 3.05) is 7.05 Å². The molecule has 1 aromatic heterocycles. The first-order chi connectivity index (χ1) is 8.38. The van der Waals surface area contributed by atoms with Crippen molar-refractivity contribution in [2.24, 2.45) is 5.73 Å². The van der Waals surface area contributed by atoms with Crippen LogP contribution in [0.1, 0.15) is 37.1 Å². The minimum absolute atomic E-state index is 0.0544. The Morgan fingerprint density at radius 1 is 1.39 bits per heavy atom. The molecule has 0 amide bonds. The van der Waals surface area contributed by atoms with Gasteiger partial charge in [0.1, 0.15) is 4.21 Å². The highest BCUT2D eigenvalue weighted by Gasteiger charge is 2.28. The minimum atomic E-state index is -3.38. The van der Waals surface area contributed by atoms with Gasteiger partial charge < -0.3 is 5.73 Å². The second-order valence-corrected chi connectivity index (χ2v) is 7.73. The smallest absolute Gasteiger partial charge is 0.252 e. The average Bonchev–Trinajstić information content (AvgIpc) is 2.72. The maximum Gasteiger partial charge on any atom is 0.252 e. The lowest BCUT2D eigenvalue weighted by molar-refractivity contribution is 0.350. The van der Waals surface area contributed by atoms with E-state index in [9.17, 15) is 8.42 Å². The van der Waals surface area contributed by atoms with Gasteiger partial charge in [0.15, 0.2) is 0 Å². The monoisotopic (exact) mass is 290 g/mol. The van der Waals surface area contributed by atoms with E-state index in [2.05, 4.69) is 0 Å². The summed E-state index contributed by atoms with van der Waals surface area (Å²) in [5.41, 5.74) is 6.55. The van der Waals surface area contributed by atoms with Crippen molar-refractivity contribution in [3.63, 3.8) is 0 Å². The SMILES string of the molecule is CCC(CC)N(C)S(=O)(=O)c1cc(C)c(CN)s1. The van der Waals surface area contributed by atoms with Crippen LogP contribution in [0.4, 0.5) is 0 Å². The zero-order chi connectivity index (χ0) is 13.9. The molecule has 1 rings (SSSR count). The second kappa shape index (κ2) is 6.14. The van der Waals surface area contributed by atoms with Gasteiger partial charge in [-0.25, -0.2) is 8.42 Å². The van der Waals surface area contributed by atoms with Crippen molar-refractivity contribution < 1.29 is 8.42 Å². The average molecular weight is 290 g/mol. The van der Waals surface area contributed by atoms with Gasteiger partial charge >= 0.3 is 0 Å². The minimum Gasteiger partial charge on any atom is -0.326 e. The van der Waals surface area contributed by atoms with Crippen LogP contribution in [0.2, 0.25) is 0 Å². The van der Waals surface area contributed by atoms with E-state index >= 15 is 0 Å². The summed E-state index contributed by atoms with van der Waals surface area (Å²) in [6, 6.07) is 1.78. The Kier molecular flexibility index (Phi) is 5.33. The number of nitrogens with two attached hydrogens (primary N) is 1. The number of rotatable bonds is 6. The van der Waals surface area contributed by atoms with Gasteiger partial charge in [-0.05, 0) is 31.4 Å². The molecule has 104 valence electrons. The molecule has 0 aromatic carbocycles. The lowest BCUT2D eigenvalue weighted by Gasteiger charge is -2.24. The second-order valence-electron chi connectivity index (χ2n) is 4.37. The normalized spacial score (nSPS) is 12.6. The summed E-state index contributed by atoms with van der Waals surface area (Å²) in [6.45, 7) is 6.30. The molecule has 0 aliphatic carbocycles. The number of hydrogen-bond donors (Lipinski definition) is 1. The largest absolute Gasteiger partial charge is 0.326 e. The predicted molar refractivity (Wildman–Crippen MR) is 76.3 cm³/mol. The van der Waals surface area contributed by atoms with Crippen molar-refractivity contribution in [1.82, 2.24) is 4.31 Å². The summed E-state index contributed by atoms with van der Waals surface area (Å²) in [7, 11) is -1.72. The Hall–Kier alpha value is -0.430. The third-order valence-corrected chi connectivity index (χ3v) is 6.89. The summed E-state index contributed by atoms with van der Waals surface area (Å²) >= 11 is 1.28. The van der Waals surface area contributed by atoms with Gasteiger partial charge in [0.25, 0.3) is 10.0 Å². The van der Waals surface area contributed by atoms with E-state index in [1.807, 2.05) is 20.8 Å². The number of sulfonamides is 1.